The van der Waals surface area contributed by atoms with Crippen LogP contribution in [0.2, 0.25) is 0 Å². The van der Waals surface area contributed by atoms with Gasteiger partial charge in [-0.2, -0.15) is 0 Å². The first-order valence-corrected chi connectivity index (χ1v) is 14.5. The lowest BCUT2D eigenvalue weighted by molar-refractivity contribution is -0.154. The Labute approximate surface area is 236 Å². The van der Waals surface area contributed by atoms with E-state index in [-0.39, 0.29) is 24.9 Å². The van der Waals surface area contributed by atoms with Crippen LogP contribution in [0.15, 0.2) is 60.7 Å². The van der Waals surface area contributed by atoms with Crippen LogP contribution in [0.25, 0.3) is 0 Å². The Balaban J connectivity index is 1.58. The van der Waals surface area contributed by atoms with E-state index in [0.29, 0.717) is 38.8 Å². The molecule has 0 radical (unpaired) electrons. The van der Waals surface area contributed by atoms with E-state index in [9.17, 15) is 29.4 Å². The van der Waals surface area contributed by atoms with E-state index in [0.717, 1.165) is 36.8 Å². The standard InChI is InChI=1S/C32H40N2O6/c35-29(25-15-7-9-17-27(25)31(37)38)33(21-23-11-3-1-4-12-23)19-20-34(22-24-13-5-2-6-14-24)30(36)26-16-8-10-18-28(26)32(39)40/h1-6,11-14,25-28H,7-10,15-22H2,(H,37,38)(H,39,40)/t25?,26?,27-,28+. The Hall–Kier alpha value is -3.68. The molecule has 2 unspecified atom stereocenters. The summed E-state index contributed by atoms with van der Waals surface area (Å²) in [5.41, 5.74) is 1.86. The van der Waals surface area contributed by atoms with Crippen molar-refractivity contribution in [3.8, 4) is 0 Å². The van der Waals surface area contributed by atoms with Gasteiger partial charge in [0.15, 0.2) is 0 Å². The van der Waals surface area contributed by atoms with Crippen molar-refractivity contribution in [3.05, 3.63) is 71.8 Å². The first-order valence-electron chi connectivity index (χ1n) is 14.5. The molecule has 0 heterocycles. The summed E-state index contributed by atoms with van der Waals surface area (Å²) in [6.07, 6.45) is 5.28. The number of aliphatic carboxylic acids is 2. The van der Waals surface area contributed by atoms with Gasteiger partial charge in [0, 0.05) is 26.2 Å². The highest BCUT2D eigenvalue weighted by molar-refractivity contribution is 5.86. The third kappa shape index (κ3) is 7.49. The average Bonchev–Trinajstić information content (AvgIpc) is 2.98. The monoisotopic (exact) mass is 548 g/mol. The molecule has 2 aliphatic carbocycles. The topological polar surface area (TPSA) is 115 Å². The zero-order chi connectivity index (χ0) is 28.5. The van der Waals surface area contributed by atoms with Gasteiger partial charge in [-0.15, -0.1) is 0 Å². The van der Waals surface area contributed by atoms with Gasteiger partial charge in [0.2, 0.25) is 11.8 Å². The van der Waals surface area contributed by atoms with Gasteiger partial charge in [0.05, 0.1) is 23.7 Å². The number of carboxylic acid groups (broad SMARTS) is 2. The third-order valence-corrected chi connectivity index (χ3v) is 8.50. The quantitative estimate of drug-likeness (QED) is 0.416. The van der Waals surface area contributed by atoms with Crippen LogP contribution in [0.3, 0.4) is 0 Å². The lowest BCUT2D eigenvalue weighted by atomic mass is 9.78. The third-order valence-electron chi connectivity index (χ3n) is 8.50. The van der Waals surface area contributed by atoms with E-state index in [1.165, 1.54) is 0 Å². The number of carbonyl (C=O) groups excluding carboxylic acids is 2. The molecular weight excluding hydrogens is 508 g/mol. The van der Waals surface area contributed by atoms with Crippen molar-refractivity contribution in [2.24, 2.45) is 23.7 Å². The van der Waals surface area contributed by atoms with Gasteiger partial charge >= 0.3 is 11.9 Å². The summed E-state index contributed by atoms with van der Waals surface area (Å²) in [7, 11) is 0. The maximum absolute atomic E-state index is 13.9. The van der Waals surface area contributed by atoms with E-state index < -0.39 is 35.6 Å². The Morgan fingerprint density at radius 1 is 0.550 bits per heavy atom. The highest BCUT2D eigenvalue weighted by Gasteiger charge is 2.40. The maximum Gasteiger partial charge on any atom is 0.307 e. The highest BCUT2D eigenvalue weighted by atomic mass is 16.4. The van der Waals surface area contributed by atoms with Gasteiger partial charge in [-0.3, -0.25) is 19.2 Å². The van der Waals surface area contributed by atoms with E-state index in [2.05, 4.69) is 0 Å². The molecule has 2 fully saturated rings. The van der Waals surface area contributed by atoms with Crippen LogP contribution < -0.4 is 0 Å². The molecule has 4 rings (SSSR count). The number of hydrogen-bond donors (Lipinski definition) is 2. The molecule has 2 N–H and O–H groups in total. The number of carbonyl (C=O) groups is 4. The van der Waals surface area contributed by atoms with Gasteiger partial charge in [-0.05, 0) is 36.8 Å². The minimum atomic E-state index is -0.935. The van der Waals surface area contributed by atoms with Gasteiger partial charge in [0.1, 0.15) is 0 Å². The molecule has 0 bridgehead atoms. The largest absolute Gasteiger partial charge is 0.481 e. The molecule has 8 heteroatoms. The lowest BCUT2D eigenvalue weighted by Gasteiger charge is -2.36. The fourth-order valence-electron chi connectivity index (χ4n) is 6.30. The Morgan fingerprint density at radius 2 is 0.875 bits per heavy atom. The smallest absolute Gasteiger partial charge is 0.307 e. The summed E-state index contributed by atoms with van der Waals surface area (Å²) in [5, 5.41) is 19.7. The van der Waals surface area contributed by atoms with Gasteiger partial charge in [0.25, 0.3) is 0 Å². The molecule has 2 aromatic rings. The molecule has 0 aliphatic heterocycles. The second-order valence-electron chi connectivity index (χ2n) is 11.2. The van der Waals surface area contributed by atoms with Crippen LogP contribution in [-0.4, -0.2) is 56.9 Å². The maximum atomic E-state index is 13.9. The normalized spacial score (nSPS) is 22.7. The summed E-state index contributed by atoms with van der Waals surface area (Å²) in [6, 6.07) is 19.1. The summed E-state index contributed by atoms with van der Waals surface area (Å²) in [5.74, 6) is -4.86. The molecule has 40 heavy (non-hydrogen) atoms. The van der Waals surface area contributed by atoms with E-state index in [1.807, 2.05) is 60.7 Å². The van der Waals surface area contributed by atoms with Crippen LogP contribution in [0.5, 0.6) is 0 Å². The van der Waals surface area contributed by atoms with Gasteiger partial charge < -0.3 is 20.0 Å². The number of nitrogens with zero attached hydrogens (tertiary/aromatic N) is 2. The molecule has 8 nitrogen and oxygen atoms in total. The summed E-state index contributed by atoms with van der Waals surface area (Å²) < 4.78 is 0. The summed E-state index contributed by atoms with van der Waals surface area (Å²) >= 11 is 0. The van der Waals surface area contributed by atoms with Crippen molar-refractivity contribution in [2.75, 3.05) is 13.1 Å². The van der Waals surface area contributed by atoms with Crippen molar-refractivity contribution in [1.82, 2.24) is 9.80 Å². The lowest BCUT2D eigenvalue weighted by Crippen LogP contribution is -2.48. The second-order valence-corrected chi connectivity index (χ2v) is 11.2. The van der Waals surface area contributed by atoms with Crippen LogP contribution >= 0.6 is 0 Å². The number of carboxylic acids is 2. The second kappa shape index (κ2) is 14.1. The van der Waals surface area contributed by atoms with Crippen LogP contribution in [0.1, 0.15) is 62.5 Å². The Bertz CT molecular complexity index is 1060. The first kappa shape index (κ1) is 29.3. The van der Waals surface area contributed by atoms with Gasteiger partial charge in [-0.25, -0.2) is 0 Å². The van der Waals surface area contributed by atoms with Gasteiger partial charge in [-0.1, -0.05) is 86.3 Å². The number of benzene rings is 2. The molecule has 2 aromatic carbocycles. The molecule has 2 saturated carbocycles. The van der Waals surface area contributed by atoms with E-state index in [1.54, 1.807) is 9.80 Å². The predicted octanol–water partition coefficient (Wildman–Crippen LogP) is 4.83. The molecule has 2 aliphatic rings. The first-order chi connectivity index (χ1) is 19.3. The highest BCUT2D eigenvalue weighted by Crippen LogP contribution is 2.34. The van der Waals surface area contributed by atoms with Crippen LogP contribution in [0.4, 0.5) is 0 Å². The number of hydrogen-bond acceptors (Lipinski definition) is 4. The van der Waals surface area contributed by atoms with Crippen LogP contribution in [0, 0.1) is 23.7 Å². The minimum Gasteiger partial charge on any atom is -0.481 e. The van der Waals surface area contributed by atoms with Crippen molar-refractivity contribution in [2.45, 2.75) is 64.5 Å². The minimum absolute atomic E-state index is 0.191. The van der Waals surface area contributed by atoms with E-state index in [4.69, 9.17) is 0 Å². The number of rotatable bonds is 11. The SMILES string of the molecule is O=C(O)[C@H]1CCCCC1C(=O)N(CCN(Cc1ccccc1)C(=O)C1CCCC[C@H]1C(=O)O)Cc1ccccc1. The van der Waals surface area contributed by atoms with Crippen LogP contribution in [-0.2, 0) is 32.3 Å². The molecule has 2 amide bonds. The molecule has 4 atom stereocenters. The zero-order valence-corrected chi connectivity index (χ0v) is 23.0. The van der Waals surface area contributed by atoms with Crippen molar-refractivity contribution in [1.29, 1.82) is 0 Å². The summed E-state index contributed by atoms with van der Waals surface area (Å²) in [4.78, 5) is 55.2. The zero-order valence-electron chi connectivity index (χ0n) is 23.0. The molecular formula is C32H40N2O6. The molecule has 0 spiro atoms. The number of amides is 2. The Kier molecular flexibility index (Phi) is 10.3. The van der Waals surface area contributed by atoms with Crippen molar-refractivity contribution >= 4 is 23.8 Å². The van der Waals surface area contributed by atoms with Crippen molar-refractivity contribution < 1.29 is 29.4 Å². The molecule has 0 saturated heterocycles. The Morgan fingerprint density at radius 3 is 1.20 bits per heavy atom. The molecule has 0 aromatic heterocycles. The van der Waals surface area contributed by atoms with E-state index >= 15 is 0 Å². The van der Waals surface area contributed by atoms with Crippen molar-refractivity contribution in [3.63, 3.8) is 0 Å². The summed E-state index contributed by atoms with van der Waals surface area (Å²) in [6.45, 7) is 1.10. The molecule has 214 valence electrons. The predicted molar refractivity (Wildman–Crippen MR) is 150 cm³/mol. The fourth-order valence-corrected chi connectivity index (χ4v) is 6.30. The average molecular weight is 549 g/mol. The fraction of sp³-hybridized carbons (Fsp3) is 0.500.